The fourth-order valence-corrected chi connectivity index (χ4v) is 4.49. The predicted octanol–water partition coefficient (Wildman–Crippen LogP) is 3.86. The van der Waals surface area contributed by atoms with Crippen LogP contribution in [-0.4, -0.2) is 20.7 Å². The predicted molar refractivity (Wildman–Crippen MR) is 83.9 cm³/mol. The summed E-state index contributed by atoms with van der Waals surface area (Å²) in [6, 6.07) is 7.27. The third kappa shape index (κ3) is 3.98. The van der Waals surface area contributed by atoms with E-state index >= 15 is 0 Å². The zero-order valence-electron chi connectivity index (χ0n) is 12.3. The van der Waals surface area contributed by atoms with Crippen LogP contribution in [0.15, 0.2) is 29.2 Å². The second-order valence-corrected chi connectivity index (χ2v) is 7.76. The van der Waals surface area contributed by atoms with E-state index in [1.54, 1.807) is 12.1 Å². The molecule has 0 radical (unpaired) electrons. The highest BCUT2D eigenvalue weighted by molar-refractivity contribution is 7.91. The van der Waals surface area contributed by atoms with E-state index in [1.165, 1.54) is 25.7 Å². The second-order valence-electron chi connectivity index (χ2n) is 5.68. The Morgan fingerprint density at radius 2 is 1.90 bits per heavy atom. The topological polar surface area (TPSA) is 46.2 Å². The summed E-state index contributed by atoms with van der Waals surface area (Å²) in [5.41, 5.74) is 0.763. The summed E-state index contributed by atoms with van der Waals surface area (Å²) in [6.45, 7) is 2.76. The molecule has 0 spiro atoms. The summed E-state index contributed by atoms with van der Waals surface area (Å²) in [4.78, 5) is 0.452. The fourth-order valence-electron chi connectivity index (χ4n) is 2.97. The molecular weight excluding hydrogens is 270 g/mol. The summed E-state index contributed by atoms with van der Waals surface area (Å²) in [7, 11) is -3.15. The van der Waals surface area contributed by atoms with Crippen LogP contribution >= 0.6 is 0 Å². The van der Waals surface area contributed by atoms with E-state index in [9.17, 15) is 8.42 Å². The maximum Gasteiger partial charge on any atom is 0.180 e. The number of benzene rings is 1. The third-order valence-corrected chi connectivity index (χ3v) is 6.01. The highest BCUT2D eigenvalue weighted by Crippen LogP contribution is 2.28. The normalized spacial score (nSPS) is 16.4. The standard InChI is InChI=1S/C16H25NO2S/c1-2-13-20(18,19)16-10-6-5-9-15(16)17-12-11-14-7-3-4-8-14/h5-6,9-10,14,17H,2-4,7-8,11-13H2,1H3. The molecule has 0 heterocycles. The van der Waals surface area contributed by atoms with Gasteiger partial charge >= 0.3 is 0 Å². The van der Waals surface area contributed by atoms with Crippen LogP contribution in [0.4, 0.5) is 5.69 Å². The first-order valence-electron chi connectivity index (χ1n) is 7.69. The van der Waals surface area contributed by atoms with Crippen LogP contribution in [0.5, 0.6) is 0 Å². The Balaban J connectivity index is 2.00. The molecule has 4 heteroatoms. The Hall–Kier alpha value is -1.03. The van der Waals surface area contributed by atoms with Gasteiger partial charge in [0.05, 0.1) is 16.3 Å². The molecule has 1 aliphatic rings. The first kappa shape index (κ1) is 15.4. The van der Waals surface area contributed by atoms with Crippen molar-refractivity contribution in [3.8, 4) is 0 Å². The summed E-state index contributed by atoms with van der Waals surface area (Å²) in [6.07, 6.45) is 7.16. The highest BCUT2D eigenvalue weighted by Gasteiger charge is 2.18. The number of para-hydroxylation sites is 1. The van der Waals surface area contributed by atoms with Crippen molar-refractivity contribution < 1.29 is 8.42 Å². The van der Waals surface area contributed by atoms with Gasteiger partial charge < -0.3 is 5.32 Å². The maximum atomic E-state index is 12.2. The molecule has 0 aromatic heterocycles. The molecule has 0 unspecified atom stereocenters. The highest BCUT2D eigenvalue weighted by atomic mass is 32.2. The fraction of sp³-hybridized carbons (Fsp3) is 0.625. The molecule has 1 aromatic carbocycles. The minimum atomic E-state index is -3.15. The molecular formula is C16H25NO2S. The molecule has 1 N–H and O–H groups in total. The van der Waals surface area contributed by atoms with Crippen molar-refractivity contribution in [2.75, 3.05) is 17.6 Å². The van der Waals surface area contributed by atoms with Gasteiger partial charge in [0.2, 0.25) is 0 Å². The molecule has 1 aromatic rings. The lowest BCUT2D eigenvalue weighted by Gasteiger charge is -2.14. The number of nitrogens with one attached hydrogen (secondary N) is 1. The van der Waals surface area contributed by atoms with E-state index in [-0.39, 0.29) is 5.75 Å². The molecule has 0 amide bonds. The van der Waals surface area contributed by atoms with E-state index in [4.69, 9.17) is 0 Å². The van der Waals surface area contributed by atoms with Crippen LogP contribution in [-0.2, 0) is 9.84 Å². The number of rotatable bonds is 7. The van der Waals surface area contributed by atoms with Crippen LogP contribution in [0.25, 0.3) is 0 Å². The molecule has 0 bridgehead atoms. The molecule has 20 heavy (non-hydrogen) atoms. The first-order chi connectivity index (χ1) is 9.63. The smallest absolute Gasteiger partial charge is 0.180 e. The van der Waals surface area contributed by atoms with Gasteiger partial charge in [0.1, 0.15) is 0 Å². The van der Waals surface area contributed by atoms with Crippen molar-refractivity contribution in [3.05, 3.63) is 24.3 Å². The van der Waals surface area contributed by atoms with E-state index in [2.05, 4.69) is 5.32 Å². The van der Waals surface area contributed by atoms with Crippen LogP contribution in [0.1, 0.15) is 45.4 Å². The van der Waals surface area contributed by atoms with Crippen molar-refractivity contribution in [1.29, 1.82) is 0 Å². The van der Waals surface area contributed by atoms with Crippen molar-refractivity contribution in [1.82, 2.24) is 0 Å². The van der Waals surface area contributed by atoms with Crippen molar-refractivity contribution >= 4 is 15.5 Å². The Kier molecular flexibility index (Phi) is 5.46. The molecule has 2 rings (SSSR count). The molecule has 1 saturated carbocycles. The van der Waals surface area contributed by atoms with E-state index in [0.29, 0.717) is 11.3 Å². The van der Waals surface area contributed by atoms with Crippen LogP contribution < -0.4 is 5.32 Å². The lowest BCUT2D eigenvalue weighted by Crippen LogP contribution is -2.12. The number of sulfone groups is 1. The van der Waals surface area contributed by atoms with Gasteiger partial charge in [-0.2, -0.15) is 0 Å². The SMILES string of the molecule is CCCS(=O)(=O)c1ccccc1NCCC1CCCC1. The van der Waals surface area contributed by atoms with Gasteiger partial charge in [0.15, 0.2) is 9.84 Å². The summed E-state index contributed by atoms with van der Waals surface area (Å²) in [5, 5.41) is 3.33. The summed E-state index contributed by atoms with van der Waals surface area (Å²) in [5.74, 6) is 1.04. The lowest BCUT2D eigenvalue weighted by molar-refractivity contribution is 0.518. The van der Waals surface area contributed by atoms with Gasteiger partial charge in [0.25, 0.3) is 0 Å². The van der Waals surface area contributed by atoms with Crippen molar-refractivity contribution in [3.63, 3.8) is 0 Å². The van der Waals surface area contributed by atoms with Crippen LogP contribution in [0.3, 0.4) is 0 Å². The molecule has 1 fully saturated rings. The van der Waals surface area contributed by atoms with E-state index in [1.807, 2.05) is 19.1 Å². The Bertz CT molecular complexity index is 519. The second kappa shape index (κ2) is 7.11. The van der Waals surface area contributed by atoms with Crippen molar-refractivity contribution in [2.24, 2.45) is 5.92 Å². The zero-order chi connectivity index (χ0) is 14.4. The number of anilines is 1. The molecule has 0 aliphatic heterocycles. The average molecular weight is 295 g/mol. The minimum Gasteiger partial charge on any atom is -0.384 e. The molecule has 0 atom stereocenters. The van der Waals surface area contributed by atoms with Crippen molar-refractivity contribution in [2.45, 2.75) is 50.3 Å². The summed E-state index contributed by atoms with van der Waals surface area (Å²) < 4.78 is 24.5. The van der Waals surface area contributed by atoms with Gasteiger partial charge in [-0.3, -0.25) is 0 Å². The van der Waals surface area contributed by atoms with Gasteiger partial charge in [-0.1, -0.05) is 44.7 Å². The Morgan fingerprint density at radius 1 is 1.20 bits per heavy atom. The quantitative estimate of drug-likeness (QED) is 0.830. The van der Waals surface area contributed by atoms with Gasteiger partial charge in [-0.15, -0.1) is 0 Å². The Morgan fingerprint density at radius 3 is 2.60 bits per heavy atom. The summed E-state index contributed by atoms with van der Waals surface area (Å²) >= 11 is 0. The van der Waals surface area contributed by atoms with E-state index in [0.717, 1.165) is 24.6 Å². The Labute approximate surface area is 122 Å². The third-order valence-electron chi connectivity index (χ3n) is 4.04. The van der Waals surface area contributed by atoms with Crippen LogP contribution in [0, 0.1) is 5.92 Å². The minimum absolute atomic E-state index is 0.217. The first-order valence-corrected chi connectivity index (χ1v) is 9.34. The largest absolute Gasteiger partial charge is 0.384 e. The maximum absolute atomic E-state index is 12.2. The lowest BCUT2D eigenvalue weighted by atomic mass is 10.0. The van der Waals surface area contributed by atoms with E-state index < -0.39 is 9.84 Å². The number of hydrogen-bond acceptors (Lipinski definition) is 3. The molecule has 1 aliphatic carbocycles. The van der Waals surface area contributed by atoms with Gasteiger partial charge in [-0.05, 0) is 30.9 Å². The molecule has 3 nitrogen and oxygen atoms in total. The number of hydrogen-bond donors (Lipinski definition) is 1. The molecule has 0 saturated heterocycles. The average Bonchev–Trinajstić information content (AvgIpc) is 2.92. The zero-order valence-corrected chi connectivity index (χ0v) is 13.1. The van der Waals surface area contributed by atoms with Gasteiger partial charge in [0, 0.05) is 6.54 Å². The molecule has 112 valence electrons. The van der Waals surface area contributed by atoms with Crippen LogP contribution in [0.2, 0.25) is 0 Å². The van der Waals surface area contributed by atoms with Gasteiger partial charge in [-0.25, -0.2) is 8.42 Å². The monoisotopic (exact) mass is 295 g/mol.